The van der Waals surface area contributed by atoms with E-state index in [2.05, 4.69) is 10.4 Å². The van der Waals surface area contributed by atoms with Gasteiger partial charge in [0.1, 0.15) is 17.6 Å². The van der Waals surface area contributed by atoms with Gasteiger partial charge >= 0.3 is 0 Å². The molecule has 0 saturated carbocycles. The quantitative estimate of drug-likeness (QED) is 0.707. The van der Waals surface area contributed by atoms with Gasteiger partial charge in [-0.15, -0.1) is 0 Å². The third-order valence-corrected chi connectivity index (χ3v) is 3.62. The second kappa shape index (κ2) is 7.04. The molecule has 0 aliphatic carbocycles. The van der Waals surface area contributed by atoms with E-state index in [1.165, 1.54) is 6.08 Å². The number of carbonyl (C=O) groups excluding carboxylic acids is 1. The second-order valence-corrected chi connectivity index (χ2v) is 5.50. The molecule has 3 aromatic heterocycles. The van der Waals surface area contributed by atoms with Crippen molar-refractivity contribution in [2.45, 2.75) is 19.9 Å². The minimum absolute atomic E-state index is 0.199. The number of aromatic nitrogens is 2. The predicted octanol–water partition coefficient (Wildman–Crippen LogP) is 3.10. The Morgan fingerprint density at radius 2 is 2.08 bits per heavy atom. The highest BCUT2D eigenvalue weighted by Gasteiger charge is 2.20. The Bertz CT molecular complexity index is 814. The number of hydrogen-bond donors (Lipinski definition) is 1. The van der Waals surface area contributed by atoms with Crippen molar-refractivity contribution in [3.63, 3.8) is 0 Å². The molecule has 0 aliphatic rings. The highest BCUT2D eigenvalue weighted by Crippen LogP contribution is 2.20. The van der Waals surface area contributed by atoms with Gasteiger partial charge in [-0.05, 0) is 50.3 Å². The molecule has 1 amide bonds. The van der Waals surface area contributed by atoms with E-state index in [0.717, 1.165) is 17.1 Å². The minimum atomic E-state index is -0.204. The van der Waals surface area contributed by atoms with Crippen LogP contribution in [0.1, 0.15) is 29.0 Å². The predicted molar refractivity (Wildman–Crippen MR) is 89.3 cm³/mol. The van der Waals surface area contributed by atoms with Crippen molar-refractivity contribution in [3.05, 3.63) is 71.8 Å². The number of amides is 1. The van der Waals surface area contributed by atoms with Crippen LogP contribution in [0, 0.1) is 13.8 Å². The number of carbonyl (C=O) groups is 1. The number of nitrogens with one attached hydrogen (secondary N) is 1. The molecule has 1 unspecified atom stereocenters. The third kappa shape index (κ3) is 3.65. The van der Waals surface area contributed by atoms with Crippen molar-refractivity contribution in [1.82, 2.24) is 15.1 Å². The molecule has 0 aromatic carbocycles. The summed E-state index contributed by atoms with van der Waals surface area (Å²) >= 11 is 0. The largest absolute Gasteiger partial charge is 0.467 e. The van der Waals surface area contributed by atoms with Gasteiger partial charge in [-0.1, -0.05) is 0 Å². The van der Waals surface area contributed by atoms with E-state index in [-0.39, 0.29) is 11.9 Å². The first-order chi connectivity index (χ1) is 11.6. The fourth-order valence-electron chi connectivity index (χ4n) is 2.55. The van der Waals surface area contributed by atoms with Gasteiger partial charge in [0.05, 0.1) is 18.2 Å². The summed E-state index contributed by atoms with van der Waals surface area (Å²) in [6.45, 7) is 4.29. The average Bonchev–Trinajstić information content (AvgIpc) is 3.29. The summed E-state index contributed by atoms with van der Waals surface area (Å²) in [7, 11) is 0. The van der Waals surface area contributed by atoms with Gasteiger partial charge in [0, 0.05) is 18.3 Å². The van der Waals surface area contributed by atoms with Crippen LogP contribution in [0.2, 0.25) is 0 Å². The normalized spacial score (nSPS) is 12.6. The zero-order valence-corrected chi connectivity index (χ0v) is 13.6. The molecule has 3 rings (SSSR count). The van der Waals surface area contributed by atoms with Crippen molar-refractivity contribution >= 4 is 12.0 Å². The molecule has 3 heterocycles. The molecule has 0 bridgehead atoms. The molecule has 0 spiro atoms. The zero-order chi connectivity index (χ0) is 16.9. The van der Waals surface area contributed by atoms with E-state index in [1.807, 2.05) is 36.7 Å². The lowest BCUT2D eigenvalue weighted by atomic mass is 10.2. The van der Waals surface area contributed by atoms with Crippen LogP contribution in [0.3, 0.4) is 0 Å². The van der Waals surface area contributed by atoms with Crippen LogP contribution in [0.5, 0.6) is 0 Å². The van der Waals surface area contributed by atoms with Crippen molar-refractivity contribution in [1.29, 1.82) is 0 Å². The van der Waals surface area contributed by atoms with Crippen LogP contribution in [0.25, 0.3) is 6.08 Å². The van der Waals surface area contributed by atoms with E-state index < -0.39 is 0 Å². The molecular weight excluding hydrogens is 306 g/mol. The summed E-state index contributed by atoms with van der Waals surface area (Å²) < 4.78 is 12.5. The summed E-state index contributed by atoms with van der Waals surface area (Å²) in [5.41, 5.74) is 1.93. The van der Waals surface area contributed by atoms with E-state index in [9.17, 15) is 4.79 Å². The Labute approximate surface area is 139 Å². The monoisotopic (exact) mass is 325 g/mol. The Balaban J connectivity index is 1.71. The maximum atomic E-state index is 12.0. The van der Waals surface area contributed by atoms with Gasteiger partial charge in [-0.25, -0.2) is 0 Å². The zero-order valence-electron chi connectivity index (χ0n) is 13.6. The Morgan fingerprint density at radius 1 is 1.29 bits per heavy atom. The van der Waals surface area contributed by atoms with Crippen molar-refractivity contribution in [2.24, 2.45) is 0 Å². The van der Waals surface area contributed by atoms with Gasteiger partial charge in [-0.3, -0.25) is 9.48 Å². The van der Waals surface area contributed by atoms with Gasteiger partial charge in [0.25, 0.3) is 0 Å². The minimum Gasteiger partial charge on any atom is -0.467 e. The van der Waals surface area contributed by atoms with E-state index in [4.69, 9.17) is 8.83 Å². The first-order valence-corrected chi connectivity index (χ1v) is 7.69. The summed E-state index contributed by atoms with van der Waals surface area (Å²) in [6.07, 6.45) is 6.25. The number of furan rings is 2. The third-order valence-electron chi connectivity index (χ3n) is 3.62. The maximum absolute atomic E-state index is 12.0. The van der Waals surface area contributed by atoms with Gasteiger partial charge in [0.15, 0.2) is 0 Å². The molecular formula is C18H19N3O3. The number of hydrogen-bond acceptors (Lipinski definition) is 4. The van der Waals surface area contributed by atoms with E-state index >= 15 is 0 Å². The molecule has 0 fully saturated rings. The molecule has 0 radical (unpaired) electrons. The van der Waals surface area contributed by atoms with Crippen molar-refractivity contribution < 1.29 is 13.6 Å². The lowest BCUT2D eigenvalue weighted by Crippen LogP contribution is -2.31. The van der Waals surface area contributed by atoms with Crippen LogP contribution < -0.4 is 5.32 Å². The highest BCUT2D eigenvalue weighted by molar-refractivity contribution is 5.91. The molecule has 6 heteroatoms. The Kier molecular flexibility index (Phi) is 4.65. The second-order valence-electron chi connectivity index (χ2n) is 5.50. The number of rotatable bonds is 6. The molecule has 1 N–H and O–H groups in total. The fraction of sp³-hybridized carbons (Fsp3) is 0.222. The fourth-order valence-corrected chi connectivity index (χ4v) is 2.55. The first kappa shape index (κ1) is 15.9. The first-order valence-electron chi connectivity index (χ1n) is 7.69. The molecule has 1 atom stereocenters. The van der Waals surface area contributed by atoms with Crippen LogP contribution in [0.15, 0.2) is 57.8 Å². The van der Waals surface area contributed by atoms with Crippen molar-refractivity contribution in [3.8, 4) is 0 Å². The number of nitrogens with zero attached hydrogens (tertiary/aromatic N) is 2. The number of aryl methyl sites for hydroxylation is 2. The average molecular weight is 325 g/mol. The van der Waals surface area contributed by atoms with Crippen LogP contribution in [-0.2, 0) is 4.79 Å². The maximum Gasteiger partial charge on any atom is 0.244 e. The smallest absolute Gasteiger partial charge is 0.244 e. The topological polar surface area (TPSA) is 73.2 Å². The molecule has 0 saturated heterocycles. The van der Waals surface area contributed by atoms with Crippen molar-refractivity contribution in [2.75, 3.05) is 6.54 Å². The Hall–Kier alpha value is -3.02. The van der Waals surface area contributed by atoms with Crippen LogP contribution in [-0.4, -0.2) is 22.2 Å². The molecule has 3 aromatic rings. The van der Waals surface area contributed by atoms with Gasteiger partial charge < -0.3 is 14.2 Å². The van der Waals surface area contributed by atoms with Crippen LogP contribution >= 0.6 is 0 Å². The Morgan fingerprint density at radius 3 is 2.71 bits per heavy atom. The molecule has 6 nitrogen and oxygen atoms in total. The SMILES string of the molecule is Cc1cc(C)n(C(CNC(=O)/C=C/c2ccco2)c2ccco2)n1. The standard InChI is InChI=1S/C18H19N3O3/c1-13-11-14(2)21(20-13)16(17-6-4-10-24-17)12-19-18(22)8-7-15-5-3-9-23-15/h3-11,16H,12H2,1-2H3,(H,19,22)/b8-7+. The van der Waals surface area contributed by atoms with Gasteiger partial charge in [-0.2, -0.15) is 5.10 Å². The van der Waals surface area contributed by atoms with Gasteiger partial charge in [0.2, 0.25) is 5.91 Å². The summed E-state index contributed by atoms with van der Waals surface area (Å²) in [4.78, 5) is 12.0. The highest BCUT2D eigenvalue weighted by atomic mass is 16.3. The molecule has 124 valence electrons. The van der Waals surface area contributed by atoms with E-state index in [0.29, 0.717) is 12.3 Å². The lowest BCUT2D eigenvalue weighted by molar-refractivity contribution is -0.116. The van der Waals surface area contributed by atoms with Crippen LogP contribution in [0.4, 0.5) is 0 Å². The van der Waals surface area contributed by atoms with E-state index in [1.54, 1.807) is 30.7 Å². The molecule has 24 heavy (non-hydrogen) atoms. The molecule has 0 aliphatic heterocycles. The summed E-state index contributed by atoms with van der Waals surface area (Å²) in [6, 6.07) is 9.06. The summed E-state index contributed by atoms with van der Waals surface area (Å²) in [5.74, 6) is 1.17. The lowest BCUT2D eigenvalue weighted by Gasteiger charge is -2.17. The summed E-state index contributed by atoms with van der Waals surface area (Å²) in [5, 5.41) is 7.38.